The predicted octanol–water partition coefficient (Wildman–Crippen LogP) is 2.48. The summed E-state index contributed by atoms with van der Waals surface area (Å²) in [5.41, 5.74) is 1.16. The summed E-state index contributed by atoms with van der Waals surface area (Å²) >= 11 is 0. The molecule has 0 fully saturated rings. The summed E-state index contributed by atoms with van der Waals surface area (Å²) in [6.07, 6.45) is -1.52. The van der Waals surface area contributed by atoms with E-state index < -0.39 is 13.0 Å². The van der Waals surface area contributed by atoms with Crippen LogP contribution in [0.2, 0.25) is 0 Å². The van der Waals surface area contributed by atoms with Crippen LogP contribution in [0.1, 0.15) is 12.5 Å². The van der Waals surface area contributed by atoms with E-state index in [4.69, 9.17) is 4.74 Å². The van der Waals surface area contributed by atoms with Gasteiger partial charge in [-0.2, -0.15) is 0 Å². The molecule has 1 aromatic carbocycles. The van der Waals surface area contributed by atoms with Gasteiger partial charge in [-0.15, -0.1) is 0 Å². The Kier molecular flexibility index (Phi) is 5.19. The highest BCUT2D eigenvalue weighted by Gasteiger charge is 2.04. The molecule has 1 atom stereocenters. The van der Waals surface area contributed by atoms with E-state index >= 15 is 0 Å². The third-order valence-corrected chi connectivity index (χ3v) is 2.33. The number of benzene rings is 1. The standard InChI is InChI=1S/C12H17F2NO/c1-9(15-2)7-10-3-5-11(6-4-10)16-8-12(13)14/h3-6,9,12,15H,7-8H2,1-2H3. The van der Waals surface area contributed by atoms with Gasteiger partial charge in [0.05, 0.1) is 0 Å². The van der Waals surface area contributed by atoms with Gasteiger partial charge in [-0.05, 0) is 38.1 Å². The lowest BCUT2D eigenvalue weighted by Gasteiger charge is -2.10. The zero-order valence-electron chi connectivity index (χ0n) is 9.54. The van der Waals surface area contributed by atoms with Crippen molar-refractivity contribution in [3.8, 4) is 5.75 Å². The van der Waals surface area contributed by atoms with E-state index in [2.05, 4.69) is 12.2 Å². The summed E-state index contributed by atoms with van der Waals surface area (Å²) in [5.74, 6) is 0.487. The van der Waals surface area contributed by atoms with Crippen LogP contribution >= 0.6 is 0 Å². The summed E-state index contributed by atoms with van der Waals surface area (Å²) in [7, 11) is 1.91. The quantitative estimate of drug-likeness (QED) is 0.809. The lowest BCUT2D eigenvalue weighted by molar-refractivity contribution is 0.0819. The molecule has 2 nitrogen and oxygen atoms in total. The number of likely N-dealkylation sites (N-methyl/N-ethyl adjacent to an activating group) is 1. The molecule has 0 amide bonds. The van der Waals surface area contributed by atoms with Crippen LogP contribution in [-0.4, -0.2) is 26.1 Å². The van der Waals surface area contributed by atoms with Gasteiger partial charge in [-0.1, -0.05) is 12.1 Å². The van der Waals surface area contributed by atoms with Gasteiger partial charge in [0.2, 0.25) is 0 Å². The fourth-order valence-corrected chi connectivity index (χ4v) is 1.34. The molecule has 0 aliphatic heterocycles. The number of nitrogens with one attached hydrogen (secondary N) is 1. The molecule has 1 rings (SSSR count). The summed E-state index contributed by atoms with van der Waals surface area (Å²) in [4.78, 5) is 0. The van der Waals surface area contributed by atoms with E-state index in [0.717, 1.165) is 12.0 Å². The molecule has 0 saturated heterocycles. The zero-order chi connectivity index (χ0) is 12.0. The van der Waals surface area contributed by atoms with Gasteiger partial charge in [-0.25, -0.2) is 8.78 Å². The highest BCUT2D eigenvalue weighted by Crippen LogP contribution is 2.14. The Hall–Kier alpha value is -1.16. The highest BCUT2D eigenvalue weighted by atomic mass is 19.3. The normalized spacial score (nSPS) is 12.8. The Labute approximate surface area is 94.6 Å². The molecule has 0 heterocycles. The van der Waals surface area contributed by atoms with Crippen molar-refractivity contribution in [2.75, 3.05) is 13.7 Å². The average Bonchev–Trinajstić information content (AvgIpc) is 2.28. The van der Waals surface area contributed by atoms with Crippen molar-refractivity contribution in [2.45, 2.75) is 25.8 Å². The molecule has 1 unspecified atom stereocenters. The zero-order valence-corrected chi connectivity index (χ0v) is 9.54. The van der Waals surface area contributed by atoms with Crippen molar-refractivity contribution < 1.29 is 13.5 Å². The van der Waals surface area contributed by atoms with Crippen molar-refractivity contribution in [1.82, 2.24) is 5.32 Å². The lowest BCUT2D eigenvalue weighted by Crippen LogP contribution is -2.23. The van der Waals surface area contributed by atoms with Gasteiger partial charge in [0.15, 0.2) is 0 Å². The van der Waals surface area contributed by atoms with Crippen LogP contribution < -0.4 is 10.1 Å². The van der Waals surface area contributed by atoms with Crippen molar-refractivity contribution in [2.24, 2.45) is 0 Å². The first-order valence-electron chi connectivity index (χ1n) is 5.29. The van der Waals surface area contributed by atoms with Crippen LogP contribution in [-0.2, 0) is 6.42 Å². The molecule has 1 N–H and O–H groups in total. The van der Waals surface area contributed by atoms with Crippen LogP contribution in [0, 0.1) is 0 Å². The minimum atomic E-state index is -2.43. The molecule has 0 bridgehead atoms. The van der Waals surface area contributed by atoms with Gasteiger partial charge in [0.25, 0.3) is 6.43 Å². The van der Waals surface area contributed by atoms with Crippen LogP contribution in [0.25, 0.3) is 0 Å². The van der Waals surface area contributed by atoms with E-state index in [9.17, 15) is 8.78 Å². The summed E-state index contributed by atoms with van der Waals surface area (Å²) < 4.78 is 28.7. The smallest absolute Gasteiger partial charge is 0.272 e. The Morgan fingerprint density at radius 2 is 1.88 bits per heavy atom. The second kappa shape index (κ2) is 6.43. The van der Waals surface area contributed by atoms with Crippen molar-refractivity contribution in [1.29, 1.82) is 0 Å². The Balaban J connectivity index is 2.47. The molecular weight excluding hydrogens is 212 g/mol. The number of ether oxygens (including phenoxy) is 1. The summed E-state index contributed by atoms with van der Waals surface area (Å²) in [5, 5.41) is 3.14. The highest BCUT2D eigenvalue weighted by molar-refractivity contribution is 5.27. The maximum Gasteiger partial charge on any atom is 0.272 e. The average molecular weight is 229 g/mol. The Morgan fingerprint density at radius 1 is 1.25 bits per heavy atom. The number of rotatable bonds is 6. The molecule has 0 radical (unpaired) electrons. The maximum atomic E-state index is 11.9. The van der Waals surface area contributed by atoms with Gasteiger partial charge in [-0.3, -0.25) is 0 Å². The molecule has 0 saturated carbocycles. The van der Waals surface area contributed by atoms with Crippen LogP contribution in [0.3, 0.4) is 0 Å². The van der Waals surface area contributed by atoms with Gasteiger partial charge >= 0.3 is 0 Å². The minimum Gasteiger partial charge on any atom is -0.488 e. The molecular formula is C12H17F2NO. The molecule has 0 aliphatic rings. The van der Waals surface area contributed by atoms with E-state index in [1.165, 1.54) is 0 Å². The fraction of sp³-hybridized carbons (Fsp3) is 0.500. The molecule has 0 aliphatic carbocycles. The van der Waals surface area contributed by atoms with Crippen molar-refractivity contribution in [3.63, 3.8) is 0 Å². The topological polar surface area (TPSA) is 21.3 Å². The monoisotopic (exact) mass is 229 g/mol. The number of hydrogen-bond acceptors (Lipinski definition) is 2. The number of alkyl halides is 2. The summed E-state index contributed by atoms with van der Waals surface area (Å²) in [6.45, 7) is 1.54. The van der Waals surface area contributed by atoms with Gasteiger partial charge < -0.3 is 10.1 Å². The second-order valence-electron chi connectivity index (χ2n) is 3.74. The lowest BCUT2D eigenvalue weighted by atomic mass is 10.1. The first kappa shape index (κ1) is 12.9. The summed E-state index contributed by atoms with van der Waals surface area (Å²) in [6, 6.07) is 7.64. The van der Waals surface area contributed by atoms with E-state index in [1.54, 1.807) is 12.1 Å². The second-order valence-corrected chi connectivity index (χ2v) is 3.74. The molecule has 0 aromatic heterocycles. The van der Waals surface area contributed by atoms with E-state index in [0.29, 0.717) is 11.8 Å². The molecule has 1 aromatic rings. The fourth-order valence-electron chi connectivity index (χ4n) is 1.34. The predicted molar refractivity (Wildman–Crippen MR) is 60.2 cm³/mol. The SMILES string of the molecule is CNC(C)Cc1ccc(OCC(F)F)cc1. The van der Waals surface area contributed by atoms with Crippen LogP contribution in [0.5, 0.6) is 5.75 Å². The first-order chi connectivity index (χ1) is 7.61. The number of hydrogen-bond donors (Lipinski definition) is 1. The van der Waals surface area contributed by atoms with E-state index in [-0.39, 0.29) is 0 Å². The van der Waals surface area contributed by atoms with Gasteiger partial charge in [0, 0.05) is 6.04 Å². The van der Waals surface area contributed by atoms with Crippen LogP contribution in [0.15, 0.2) is 24.3 Å². The van der Waals surface area contributed by atoms with Gasteiger partial charge in [0.1, 0.15) is 12.4 Å². The molecule has 16 heavy (non-hydrogen) atoms. The Morgan fingerprint density at radius 3 is 2.38 bits per heavy atom. The number of halogens is 2. The molecule has 0 spiro atoms. The van der Waals surface area contributed by atoms with Crippen molar-refractivity contribution >= 4 is 0 Å². The third-order valence-electron chi connectivity index (χ3n) is 2.33. The van der Waals surface area contributed by atoms with E-state index in [1.807, 2.05) is 19.2 Å². The molecule has 90 valence electrons. The minimum absolute atomic E-state index is 0.396. The first-order valence-corrected chi connectivity index (χ1v) is 5.29. The largest absolute Gasteiger partial charge is 0.488 e. The molecule has 4 heteroatoms. The van der Waals surface area contributed by atoms with Crippen LogP contribution in [0.4, 0.5) is 8.78 Å². The third kappa shape index (κ3) is 4.57. The maximum absolute atomic E-state index is 11.9. The van der Waals surface area contributed by atoms with Crippen molar-refractivity contribution in [3.05, 3.63) is 29.8 Å². The Bertz CT molecular complexity index is 300.